The van der Waals surface area contributed by atoms with Crippen LogP contribution in [0.5, 0.6) is 0 Å². The lowest BCUT2D eigenvalue weighted by Crippen LogP contribution is -2.24. The second kappa shape index (κ2) is 6.01. The second-order valence-electron chi connectivity index (χ2n) is 5.15. The van der Waals surface area contributed by atoms with E-state index in [4.69, 9.17) is 5.11 Å². The van der Waals surface area contributed by atoms with E-state index in [1.807, 2.05) is 0 Å². The SMILES string of the molecule is Cc1ccccc1CCCN1CCC(C(=O)O)C1. The standard InChI is InChI=1S/C15H21NO2/c1-12-5-2-3-6-13(12)7-4-9-16-10-8-14(11-16)15(17)18/h2-3,5-6,14H,4,7-11H2,1H3,(H,17,18). The topological polar surface area (TPSA) is 40.5 Å². The smallest absolute Gasteiger partial charge is 0.307 e. The van der Waals surface area contributed by atoms with Gasteiger partial charge in [-0.25, -0.2) is 0 Å². The van der Waals surface area contributed by atoms with Crippen molar-refractivity contribution in [2.45, 2.75) is 26.2 Å². The van der Waals surface area contributed by atoms with Gasteiger partial charge in [0.15, 0.2) is 0 Å². The Hall–Kier alpha value is -1.35. The first kappa shape index (κ1) is 13.1. The van der Waals surface area contributed by atoms with Crippen LogP contribution in [0.2, 0.25) is 0 Å². The minimum Gasteiger partial charge on any atom is -0.481 e. The molecule has 3 nitrogen and oxygen atoms in total. The average Bonchev–Trinajstić information content (AvgIpc) is 2.80. The van der Waals surface area contributed by atoms with Gasteiger partial charge in [-0.1, -0.05) is 24.3 Å². The van der Waals surface area contributed by atoms with Gasteiger partial charge in [0.25, 0.3) is 0 Å². The molecule has 1 fully saturated rings. The van der Waals surface area contributed by atoms with Crippen molar-refractivity contribution in [2.24, 2.45) is 5.92 Å². The molecule has 1 aliphatic heterocycles. The van der Waals surface area contributed by atoms with Crippen LogP contribution in [0.25, 0.3) is 0 Å². The summed E-state index contributed by atoms with van der Waals surface area (Å²) in [7, 11) is 0. The van der Waals surface area contributed by atoms with E-state index < -0.39 is 5.97 Å². The Bertz CT molecular complexity index is 417. The molecule has 0 amide bonds. The van der Waals surface area contributed by atoms with E-state index in [1.165, 1.54) is 11.1 Å². The van der Waals surface area contributed by atoms with Gasteiger partial charge in [0.05, 0.1) is 5.92 Å². The first-order chi connectivity index (χ1) is 8.66. The number of rotatable bonds is 5. The maximum absolute atomic E-state index is 10.9. The number of benzene rings is 1. The molecule has 1 aliphatic rings. The summed E-state index contributed by atoms with van der Waals surface area (Å²) in [5, 5.41) is 8.94. The number of nitrogens with zero attached hydrogens (tertiary/aromatic N) is 1. The van der Waals surface area contributed by atoms with E-state index in [9.17, 15) is 4.79 Å². The van der Waals surface area contributed by atoms with Gasteiger partial charge >= 0.3 is 5.97 Å². The van der Waals surface area contributed by atoms with Crippen LogP contribution in [0.15, 0.2) is 24.3 Å². The van der Waals surface area contributed by atoms with E-state index in [1.54, 1.807) is 0 Å². The lowest BCUT2D eigenvalue weighted by atomic mass is 10.0. The number of carbonyl (C=O) groups is 1. The predicted molar refractivity (Wildman–Crippen MR) is 71.7 cm³/mol. The molecule has 0 bridgehead atoms. The zero-order valence-corrected chi connectivity index (χ0v) is 10.9. The fraction of sp³-hybridized carbons (Fsp3) is 0.533. The van der Waals surface area contributed by atoms with Gasteiger partial charge in [0.2, 0.25) is 0 Å². The first-order valence-corrected chi connectivity index (χ1v) is 6.66. The Morgan fingerprint density at radius 3 is 2.89 bits per heavy atom. The van der Waals surface area contributed by atoms with Crippen molar-refractivity contribution in [3.05, 3.63) is 35.4 Å². The molecule has 18 heavy (non-hydrogen) atoms. The summed E-state index contributed by atoms with van der Waals surface area (Å²) in [4.78, 5) is 13.1. The number of aryl methyl sites for hydroxylation is 2. The summed E-state index contributed by atoms with van der Waals surface area (Å²) < 4.78 is 0. The Labute approximate surface area is 108 Å². The van der Waals surface area contributed by atoms with Crippen LogP contribution in [0.3, 0.4) is 0 Å². The molecule has 0 aromatic heterocycles. The fourth-order valence-corrected chi connectivity index (χ4v) is 2.62. The molecular weight excluding hydrogens is 226 g/mol. The molecule has 1 aromatic rings. The van der Waals surface area contributed by atoms with Crippen molar-refractivity contribution in [3.63, 3.8) is 0 Å². The molecule has 1 heterocycles. The van der Waals surface area contributed by atoms with Gasteiger partial charge in [0.1, 0.15) is 0 Å². The molecule has 0 aliphatic carbocycles. The molecule has 98 valence electrons. The van der Waals surface area contributed by atoms with Gasteiger partial charge in [-0.2, -0.15) is 0 Å². The largest absolute Gasteiger partial charge is 0.481 e. The minimum atomic E-state index is -0.642. The maximum atomic E-state index is 10.9. The van der Waals surface area contributed by atoms with Crippen LogP contribution in [-0.4, -0.2) is 35.6 Å². The highest BCUT2D eigenvalue weighted by Gasteiger charge is 2.27. The number of hydrogen-bond acceptors (Lipinski definition) is 2. The quantitative estimate of drug-likeness (QED) is 0.868. The van der Waals surface area contributed by atoms with Crippen molar-refractivity contribution in [1.82, 2.24) is 4.90 Å². The molecule has 1 unspecified atom stereocenters. The third-order valence-corrected chi connectivity index (χ3v) is 3.80. The fourth-order valence-electron chi connectivity index (χ4n) is 2.62. The number of hydrogen-bond donors (Lipinski definition) is 1. The van der Waals surface area contributed by atoms with Crippen LogP contribution in [0, 0.1) is 12.8 Å². The third kappa shape index (κ3) is 3.33. The lowest BCUT2D eigenvalue weighted by Gasteiger charge is -2.15. The number of carboxylic acid groups (broad SMARTS) is 1. The molecule has 0 spiro atoms. The van der Waals surface area contributed by atoms with Crippen LogP contribution >= 0.6 is 0 Å². The summed E-state index contributed by atoms with van der Waals surface area (Å²) in [5.41, 5.74) is 2.76. The van der Waals surface area contributed by atoms with Gasteiger partial charge in [-0.15, -0.1) is 0 Å². The summed E-state index contributed by atoms with van der Waals surface area (Å²) >= 11 is 0. The minimum absolute atomic E-state index is 0.150. The Kier molecular flexibility index (Phi) is 4.37. The van der Waals surface area contributed by atoms with E-state index >= 15 is 0 Å². The van der Waals surface area contributed by atoms with E-state index in [2.05, 4.69) is 36.1 Å². The molecule has 1 atom stereocenters. The molecule has 1 saturated heterocycles. The number of aliphatic carboxylic acids is 1. The normalized spacial score (nSPS) is 20.2. The molecule has 2 rings (SSSR count). The van der Waals surface area contributed by atoms with Crippen molar-refractivity contribution in [3.8, 4) is 0 Å². The Morgan fingerprint density at radius 1 is 1.44 bits per heavy atom. The van der Waals surface area contributed by atoms with Gasteiger partial charge in [0, 0.05) is 6.54 Å². The zero-order chi connectivity index (χ0) is 13.0. The maximum Gasteiger partial charge on any atom is 0.307 e. The van der Waals surface area contributed by atoms with Crippen LogP contribution in [-0.2, 0) is 11.2 Å². The van der Waals surface area contributed by atoms with Crippen molar-refractivity contribution in [1.29, 1.82) is 0 Å². The van der Waals surface area contributed by atoms with Crippen LogP contribution < -0.4 is 0 Å². The van der Waals surface area contributed by atoms with Gasteiger partial charge in [-0.3, -0.25) is 4.79 Å². The summed E-state index contributed by atoms with van der Waals surface area (Å²) in [6.07, 6.45) is 3.00. The van der Waals surface area contributed by atoms with E-state index in [-0.39, 0.29) is 5.92 Å². The number of likely N-dealkylation sites (tertiary alicyclic amines) is 1. The number of carboxylic acids is 1. The molecule has 0 saturated carbocycles. The predicted octanol–water partition coefficient (Wildman–Crippen LogP) is 2.33. The van der Waals surface area contributed by atoms with Crippen LogP contribution in [0.4, 0.5) is 0 Å². The highest BCUT2D eigenvalue weighted by atomic mass is 16.4. The summed E-state index contributed by atoms with van der Waals surface area (Å²) in [6, 6.07) is 8.47. The Morgan fingerprint density at radius 2 is 2.22 bits per heavy atom. The molecular formula is C15H21NO2. The third-order valence-electron chi connectivity index (χ3n) is 3.80. The summed E-state index contributed by atoms with van der Waals surface area (Å²) in [6.45, 7) is 4.82. The highest BCUT2D eigenvalue weighted by molar-refractivity contribution is 5.70. The summed E-state index contributed by atoms with van der Waals surface area (Å²) in [5.74, 6) is -0.792. The van der Waals surface area contributed by atoms with Crippen molar-refractivity contribution in [2.75, 3.05) is 19.6 Å². The highest BCUT2D eigenvalue weighted by Crippen LogP contribution is 2.17. The molecule has 1 N–H and O–H groups in total. The van der Waals surface area contributed by atoms with Gasteiger partial charge < -0.3 is 10.0 Å². The van der Waals surface area contributed by atoms with Gasteiger partial charge in [-0.05, 0) is 50.4 Å². The molecule has 0 radical (unpaired) electrons. The second-order valence-corrected chi connectivity index (χ2v) is 5.15. The zero-order valence-electron chi connectivity index (χ0n) is 10.9. The Balaban J connectivity index is 1.74. The van der Waals surface area contributed by atoms with Crippen LogP contribution in [0.1, 0.15) is 24.0 Å². The molecule has 1 aromatic carbocycles. The molecule has 3 heteroatoms. The van der Waals surface area contributed by atoms with Crippen molar-refractivity contribution >= 4 is 5.97 Å². The average molecular weight is 247 g/mol. The lowest BCUT2D eigenvalue weighted by molar-refractivity contribution is -0.141. The van der Waals surface area contributed by atoms with Crippen molar-refractivity contribution < 1.29 is 9.90 Å². The first-order valence-electron chi connectivity index (χ1n) is 6.66. The monoisotopic (exact) mass is 247 g/mol. The van der Waals surface area contributed by atoms with E-state index in [0.717, 1.165) is 38.9 Å². The van der Waals surface area contributed by atoms with E-state index in [0.29, 0.717) is 0 Å².